The second-order valence-corrected chi connectivity index (χ2v) is 6.35. The summed E-state index contributed by atoms with van der Waals surface area (Å²) in [5.41, 5.74) is 1.43. The number of hydrogen-bond donors (Lipinski definition) is 2. The molecule has 1 fully saturated rings. The fourth-order valence-electron chi connectivity index (χ4n) is 3.00. The highest BCUT2D eigenvalue weighted by Gasteiger charge is 2.20. The van der Waals surface area contributed by atoms with Gasteiger partial charge in [-0.3, -0.25) is 9.48 Å². The maximum Gasteiger partial charge on any atom is 0.242 e. The quantitative estimate of drug-likeness (QED) is 0.871. The third kappa shape index (κ3) is 3.94. The molecule has 128 valence electrons. The standard InChI is InChI=1S/C17H20ClFN4O/c18-14-5-1-3-13(17(14)19)10-21-16(24)11-23-15(6-8-22-23)12-4-2-7-20-9-12/h1,3,5-6,8,12,20H,2,4,7,9-11H2,(H,21,24)/t12-/m0/s1. The molecule has 1 atom stereocenters. The Morgan fingerprint density at radius 3 is 3.12 bits per heavy atom. The van der Waals surface area contributed by atoms with Gasteiger partial charge in [-0.15, -0.1) is 0 Å². The van der Waals surface area contributed by atoms with E-state index in [9.17, 15) is 9.18 Å². The second-order valence-electron chi connectivity index (χ2n) is 5.95. The monoisotopic (exact) mass is 350 g/mol. The van der Waals surface area contributed by atoms with Gasteiger partial charge in [0.1, 0.15) is 12.4 Å². The fraction of sp³-hybridized carbons (Fsp3) is 0.412. The Bertz CT molecular complexity index is 712. The maximum absolute atomic E-state index is 13.8. The summed E-state index contributed by atoms with van der Waals surface area (Å²) in [6, 6.07) is 6.71. The van der Waals surface area contributed by atoms with Crippen molar-refractivity contribution in [3.8, 4) is 0 Å². The van der Waals surface area contributed by atoms with E-state index in [-0.39, 0.29) is 24.0 Å². The molecule has 2 aromatic rings. The summed E-state index contributed by atoms with van der Waals surface area (Å²) in [4.78, 5) is 12.2. The molecule has 1 aliphatic rings. The minimum Gasteiger partial charge on any atom is -0.350 e. The number of aromatic nitrogens is 2. The van der Waals surface area contributed by atoms with Crippen molar-refractivity contribution in [1.82, 2.24) is 20.4 Å². The number of hydrogen-bond acceptors (Lipinski definition) is 3. The normalized spacial score (nSPS) is 17.7. The molecule has 5 nitrogen and oxygen atoms in total. The Hall–Kier alpha value is -1.92. The van der Waals surface area contributed by atoms with Crippen LogP contribution in [0.25, 0.3) is 0 Å². The molecule has 0 unspecified atom stereocenters. The number of amides is 1. The number of nitrogens with zero attached hydrogens (tertiary/aromatic N) is 2. The smallest absolute Gasteiger partial charge is 0.242 e. The molecule has 1 aromatic heterocycles. The molecule has 7 heteroatoms. The summed E-state index contributed by atoms with van der Waals surface area (Å²) in [6.07, 6.45) is 3.93. The summed E-state index contributed by atoms with van der Waals surface area (Å²) in [6.45, 7) is 2.17. The SMILES string of the molecule is O=C(Cn1nccc1[C@H]1CCCNC1)NCc1cccc(Cl)c1F. The number of carbonyl (C=O) groups excluding carboxylic acids is 1. The van der Waals surface area contributed by atoms with E-state index in [1.54, 1.807) is 23.0 Å². The van der Waals surface area contributed by atoms with E-state index in [0.717, 1.165) is 31.6 Å². The zero-order valence-electron chi connectivity index (χ0n) is 13.3. The lowest BCUT2D eigenvalue weighted by Crippen LogP contribution is -2.32. The zero-order valence-corrected chi connectivity index (χ0v) is 14.0. The summed E-state index contributed by atoms with van der Waals surface area (Å²) in [5.74, 6) is -0.324. The molecular weight excluding hydrogens is 331 g/mol. The molecule has 0 saturated carbocycles. The van der Waals surface area contributed by atoms with Crippen LogP contribution in [0.15, 0.2) is 30.5 Å². The predicted octanol–water partition coefficient (Wildman–Crippen LogP) is 2.46. The Balaban J connectivity index is 1.59. The van der Waals surface area contributed by atoms with Gasteiger partial charge in [0.05, 0.1) is 5.02 Å². The Morgan fingerprint density at radius 2 is 2.33 bits per heavy atom. The van der Waals surface area contributed by atoms with Gasteiger partial charge >= 0.3 is 0 Å². The van der Waals surface area contributed by atoms with E-state index in [1.165, 1.54) is 6.07 Å². The van der Waals surface area contributed by atoms with Crippen molar-refractivity contribution in [2.75, 3.05) is 13.1 Å². The molecule has 1 amide bonds. The van der Waals surface area contributed by atoms with Gasteiger partial charge in [-0.25, -0.2) is 4.39 Å². The lowest BCUT2D eigenvalue weighted by atomic mass is 9.96. The van der Waals surface area contributed by atoms with Crippen molar-refractivity contribution < 1.29 is 9.18 Å². The van der Waals surface area contributed by atoms with Crippen molar-refractivity contribution in [2.45, 2.75) is 31.8 Å². The summed E-state index contributed by atoms with van der Waals surface area (Å²) in [5, 5.41) is 10.4. The highest BCUT2D eigenvalue weighted by Crippen LogP contribution is 2.22. The molecule has 1 aliphatic heterocycles. The number of carbonyl (C=O) groups is 1. The van der Waals surface area contributed by atoms with Gasteiger partial charge in [-0.1, -0.05) is 23.7 Å². The molecule has 0 bridgehead atoms. The molecule has 3 rings (SSSR count). The number of benzene rings is 1. The maximum atomic E-state index is 13.8. The first kappa shape index (κ1) is 16.9. The minimum absolute atomic E-state index is 0.0564. The van der Waals surface area contributed by atoms with Crippen LogP contribution in [-0.2, 0) is 17.9 Å². The van der Waals surface area contributed by atoms with E-state index < -0.39 is 5.82 Å². The van der Waals surface area contributed by atoms with Crippen LogP contribution in [0.2, 0.25) is 5.02 Å². The zero-order chi connectivity index (χ0) is 16.9. The Morgan fingerprint density at radius 1 is 1.46 bits per heavy atom. The van der Waals surface area contributed by atoms with Crippen LogP contribution < -0.4 is 10.6 Å². The van der Waals surface area contributed by atoms with Crippen LogP contribution in [0, 0.1) is 5.82 Å². The van der Waals surface area contributed by atoms with E-state index in [4.69, 9.17) is 11.6 Å². The first-order valence-corrected chi connectivity index (χ1v) is 8.45. The molecule has 0 radical (unpaired) electrons. The average molecular weight is 351 g/mol. The van der Waals surface area contributed by atoms with Gasteiger partial charge in [0.2, 0.25) is 5.91 Å². The third-order valence-electron chi connectivity index (χ3n) is 4.27. The number of rotatable bonds is 5. The van der Waals surface area contributed by atoms with Gasteiger partial charge in [0.25, 0.3) is 0 Å². The predicted molar refractivity (Wildman–Crippen MR) is 90.3 cm³/mol. The van der Waals surface area contributed by atoms with Crippen LogP contribution >= 0.6 is 11.6 Å². The summed E-state index contributed by atoms with van der Waals surface area (Å²) < 4.78 is 15.6. The third-order valence-corrected chi connectivity index (χ3v) is 4.56. The van der Waals surface area contributed by atoms with Gasteiger partial charge in [-0.05, 0) is 31.5 Å². The molecule has 0 aliphatic carbocycles. The number of halogens is 2. The molecule has 1 aromatic carbocycles. The number of nitrogens with one attached hydrogen (secondary N) is 2. The second kappa shape index (κ2) is 7.77. The van der Waals surface area contributed by atoms with Crippen molar-refractivity contribution in [3.05, 3.63) is 52.6 Å². The minimum atomic E-state index is -0.493. The molecular formula is C17H20ClFN4O. The lowest BCUT2D eigenvalue weighted by Gasteiger charge is -2.23. The highest BCUT2D eigenvalue weighted by molar-refractivity contribution is 6.30. The van der Waals surface area contributed by atoms with Gasteiger partial charge in [0, 0.05) is 36.5 Å². The Labute approximate surface area is 145 Å². The van der Waals surface area contributed by atoms with Gasteiger partial charge < -0.3 is 10.6 Å². The van der Waals surface area contributed by atoms with Crippen molar-refractivity contribution in [2.24, 2.45) is 0 Å². The summed E-state index contributed by atoms with van der Waals surface area (Å²) >= 11 is 5.74. The van der Waals surface area contributed by atoms with Crippen LogP contribution in [0.1, 0.15) is 30.0 Å². The number of piperidine rings is 1. The Kier molecular flexibility index (Phi) is 5.48. The van der Waals surface area contributed by atoms with Crippen LogP contribution in [-0.4, -0.2) is 28.8 Å². The first-order valence-electron chi connectivity index (χ1n) is 8.07. The average Bonchev–Trinajstić information content (AvgIpc) is 3.05. The molecule has 2 N–H and O–H groups in total. The van der Waals surface area contributed by atoms with Crippen molar-refractivity contribution >= 4 is 17.5 Å². The molecule has 24 heavy (non-hydrogen) atoms. The molecule has 2 heterocycles. The van der Waals surface area contributed by atoms with Gasteiger partial charge in [-0.2, -0.15) is 5.10 Å². The van der Waals surface area contributed by atoms with E-state index in [1.807, 2.05) is 6.07 Å². The van der Waals surface area contributed by atoms with Gasteiger partial charge in [0.15, 0.2) is 0 Å². The van der Waals surface area contributed by atoms with E-state index in [2.05, 4.69) is 15.7 Å². The van der Waals surface area contributed by atoms with Crippen LogP contribution in [0.4, 0.5) is 4.39 Å². The van der Waals surface area contributed by atoms with Crippen molar-refractivity contribution in [3.63, 3.8) is 0 Å². The molecule has 1 saturated heterocycles. The summed E-state index contributed by atoms with van der Waals surface area (Å²) in [7, 11) is 0. The largest absolute Gasteiger partial charge is 0.350 e. The van der Waals surface area contributed by atoms with Crippen LogP contribution in [0.3, 0.4) is 0 Å². The first-order chi connectivity index (χ1) is 11.6. The lowest BCUT2D eigenvalue weighted by molar-refractivity contribution is -0.122. The molecule has 0 spiro atoms. The van der Waals surface area contributed by atoms with Crippen LogP contribution in [0.5, 0.6) is 0 Å². The topological polar surface area (TPSA) is 59.0 Å². The van der Waals surface area contributed by atoms with E-state index in [0.29, 0.717) is 11.5 Å². The van der Waals surface area contributed by atoms with Crippen molar-refractivity contribution in [1.29, 1.82) is 0 Å². The van der Waals surface area contributed by atoms with E-state index >= 15 is 0 Å². The fourth-order valence-corrected chi connectivity index (χ4v) is 3.19. The highest BCUT2D eigenvalue weighted by atomic mass is 35.5.